The summed E-state index contributed by atoms with van der Waals surface area (Å²) >= 11 is 0. The molecule has 2 rings (SSSR count). The van der Waals surface area contributed by atoms with Gasteiger partial charge in [-0.1, -0.05) is 24.3 Å². The zero-order chi connectivity index (χ0) is 18.1. The van der Waals surface area contributed by atoms with Crippen LogP contribution in [0.3, 0.4) is 0 Å². The Morgan fingerprint density at radius 3 is 2.23 bits per heavy atom. The number of rotatable bonds is 7. The van der Waals surface area contributed by atoms with Crippen LogP contribution in [0.5, 0.6) is 0 Å². The van der Waals surface area contributed by atoms with Crippen LogP contribution in [0, 0.1) is 11.3 Å². The average molecular weight is 373 g/mol. The van der Waals surface area contributed by atoms with Crippen molar-refractivity contribution in [2.45, 2.75) is 19.3 Å². The van der Waals surface area contributed by atoms with Gasteiger partial charge in [-0.3, -0.25) is 9.59 Å². The van der Waals surface area contributed by atoms with Crippen molar-refractivity contribution >= 4 is 24.3 Å². The maximum absolute atomic E-state index is 12.0. The van der Waals surface area contributed by atoms with Crippen LogP contribution in [0.4, 0.5) is 0 Å². The van der Waals surface area contributed by atoms with E-state index in [4.69, 9.17) is 5.26 Å². The molecule has 0 aliphatic carbocycles. The van der Waals surface area contributed by atoms with Crippen molar-refractivity contribution in [3.63, 3.8) is 0 Å². The van der Waals surface area contributed by atoms with Gasteiger partial charge < -0.3 is 10.1 Å². The van der Waals surface area contributed by atoms with E-state index in [1.807, 2.05) is 30.3 Å². The number of nitriles is 1. The van der Waals surface area contributed by atoms with Gasteiger partial charge in [-0.15, -0.1) is 12.4 Å². The van der Waals surface area contributed by atoms with Crippen LogP contribution in [0.15, 0.2) is 48.5 Å². The zero-order valence-corrected chi connectivity index (χ0v) is 15.3. The number of aryl methyl sites for hydroxylation is 1. The first-order chi connectivity index (χ1) is 12.1. The van der Waals surface area contributed by atoms with Crippen LogP contribution in [0.1, 0.15) is 33.5 Å². The highest BCUT2D eigenvalue weighted by Gasteiger charge is 2.05. The van der Waals surface area contributed by atoms with E-state index < -0.39 is 0 Å². The number of methoxy groups -OCH3 is 1. The molecular weight excluding hydrogens is 352 g/mol. The third-order valence-electron chi connectivity index (χ3n) is 3.80. The summed E-state index contributed by atoms with van der Waals surface area (Å²) in [5.41, 5.74) is 3.16. The highest BCUT2D eigenvalue weighted by molar-refractivity contribution is 5.94. The van der Waals surface area contributed by atoms with Gasteiger partial charge in [0, 0.05) is 12.1 Å². The second-order valence-corrected chi connectivity index (χ2v) is 5.62. The second-order valence-electron chi connectivity index (χ2n) is 5.62. The van der Waals surface area contributed by atoms with E-state index in [1.165, 1.54) is 7.11 Å². The lowest BCUT2D eigenvalue weighted by atomic mass is 10.1. The predicted molar refractivity (Wildman–Crippen MR) is 101 cm³/mol. The van der Waals surface area contributed by atoms with Crippen LogP contribution < -0.4 is 5.32 Å². The van der Waals surface area contributed by atoms with E-state index in [0.717, 1.165) is 24.0 Å². The van der Waals surface area contributed by atoms with Crippen LogP contribution in [0.25, 0.3) is 0 Å². The van der Waals surface area contributed by atoms with Crippen LogP contribution in [0.2, 0.25) is 0 Å². The van der Waals surface area contributed by atoms with E-state index in [-0.39, 0.29) is 30.7 Å². The SMILES string of the molecule is COC(=O)Cc1ccc(CCCNC(=O)c2ccc(C#N)cc2)cc1.Cl. The molecule has 0 unspecified atom stereocenters. The first kappa shape index (κ1) is 21.2. The molecule has 1 amide bonds. The quantitative estimate of drug-likeness (QED) is 0.598. The molecule has 0 radical (unpaired) electrons. The summed E-state index contributed by atoms with van der Waals surface area (Å²) < 4.78 is 4.64. The van der Waals surface area contributed by atoms with Gasteiger partial charge in [0.2, 0.25) is 0 Å². The van der Waals surface area contributed by atoms with Gasteiger partial charge in [0.15, 0.2) is 0 Å². The Bertz CT molecular complexity index is 765. The normalized spacial score (nSPS) is 9.54. The molecule has 2 aromatic carbocycles. The number of hydrogen-bond acceptors (Lipinski definition) is 4. The summed E-state index contributed by atoms with van der Waals surface area (Å²) in [6.45, 7) is 0.572. The third kappa shape index (κ3) is 6.58. The molecule has 0 bridgehead atoms. The number of esters is 1. The molecule has 0 saturated carbocycles. The summed E-state index contributed by atoms with van der Waals surface area (Å²) in [5, 5.41) is 11.6. The van der Waals surface area contributed by atoms with Crippen molar-refractivity contribution in [1.29, 1.82) is 5.26 Å². The lowest BCUT2D eigenvalue weighted by molar-refractivity contribution is -0.139. The highest BCUT2D eigenvalue weighted by Crippen LogP contribution is 2.08. The maximum atomic E-state index is 12.0. The predicted octanol–water partition coefficient (Wildman–Crippen LogP) is 3.06. The number of hydrogen-bond donors (Lipinski definition) is 1. The number of nitrogens with zero attached hydrogens (tertiary/aromatic N) is 1. The molecule has 0 fully saturated rings. The Morgan fingerprint density at radius 1 is 1.04 bits per heavy atom. The third-order valence-corrected chi connectivity index (χ3v) is 3.80. The van der Waals surface area contributed by atoms with Gasteiger partial charge in [0.25, 0.3) is 5.91 Å². The van der Waals surface area contributed by atoms with Gasteiger partial charge >= 0.3 is 5.97 Å². The molecular formula is C20H21ClN2O3. The Balaban J connectivity index is 0.00000338. The summed E-state index contributed by atoms with van der Waals surface area (Å²) in [6.07, 6.45) is 1.93. The van der Waals surface area contributed by atoms with Gasteiger partial charge in [-0.2, -0.15) is 5.26 Å². The van der Waals surface area contributed by atoms with Gasteiger partial charge in [-0.25, -0.2) is 0 Å². The molecule has 0 heterocycles. The lowest BCUT2D eigenvalue weighted by Gasteiger charge is -2.06. The van der Waals surface area contributed by atoms with Crippen LogP contribution in [-0.4, -0.2) is 25.5 Å². The average Bonchev–Trinajstić information content (AvgIpc) is 2.66. The van der Waals surface area contributed by atoms with Gasteiger partial charge in [0.1, 0.15) is 0 Å². The minimum atomic E-state index is -0.252. The van der Waals surface area contributed by atoms with Gasteiger partial charge in [0.05, 0.1) is 25.2 Å². The molecule has 2 aromatic rings. The first-order valence-electron chi connectivity index (χ1n) is 8.05. The number of amides is 1. The molecule has 5 nitrogen and oxygen atoms in total. The van der Waals surface area contributed by atoms with Crippen molar-refractivity contribution in [3.05, 3.63) is 70.8 Å². The summed E-state index contributed by atoms with van der Waals surface area (Å²) in [5.74, 6) is -0.392. The fourth-order valence-electron chi connectivity index (χ4n) is 2.36. The van der Waals surface area contributed by atoms with E-state index >= 15 is 0 Å². The van der Waals surface area contributed by atoms with Crippen LogP contribution in [-0.2, 0) is 22.4 Å². The zero-order valence-electron chi connectivity index (χ0n) is 14.5. The Hall–Kier alpha value is -2.84. The molecule has 1 N–H and O–H groups in total. The fraction of sp³-hybridized carbons (Fsp3) is 0.250. The Labute approximate surface area is 159 Å². The smallest absolute Gasteiger partial charge is 0.309 e. The minimum absolute atomic E-state index is 0. The lowest BCUT2D eigenvalue weighted by Crippen LogP contribution is -2.24. The number of halogens is 1. The minimum Gasteiger partial charge on any atom is -0.469 e. The van der Waals surface area contributed by atoms with E-state index in [9.17, 15) is 9.59 Å². The fourth-order valence-corrected chi connectivity index (χ4v) is 2.36. The summed E-state index contributed by atoms with van der Waals surface area (Å²) in [4.78, 5) is 23.2. The van der Waals surface area contributed by atoms with Crippen molar-refractivity contribution in [2.24, 2.45) is 0 Å². The maximum Gasteiger partial charge on any atom is 0.309 e. The number of ether oxygens (including phenoxy) is 1. The van der Waals surface area contributed by atoms with E-state index in [1.54, 1.807) is 24.3 Å². The van der Waals surface area contributed by atoms with E-state index in [2.05, 4.69) is 10.1 Å². The number of benzene rings is 2. The first-order valence-corrected chi connectivity index (χ1v) is 8.05. The molecule has 0 spiro atoms. The van der Waals surface area contributed by atoms with Crippen molar-refractivity contribution < 1.29 is 14.3 Å². The van der Waals surface area contributed by atoms with Gasteiger partial charge in [-0.05, 0) is 48.2 Å². The number of carbonyl (C=O) groups is 2. The number of carbonyl (C=O) groups excluding carboxylic acids is 2. The molecule has 0 aliphatic rings. The Kier molecular flexibility index (Phi) is 8.90. The Morgan fingerprint density at radius 2 is 1.65 bits per heavy atom. The number of nitrogens with one attached hydrogen (secondary N) is 1. The van der Waals surface area contributed by atoms with Crippen molar-refractivity contribution in [1.82, 2.24) is 5.32 Å². The molecule has 0 saturated heterocycles. The van der Waals surface area contributed by atoms with Crippen LogP contribution >= 0.6 is 12.4 Å². The highest BCUT2D eigenvalue weighted by atomic mass is 35.5. The topological polar surface area (TPSA) is 79.2 Å². The molecule has 0 aliphatic heterocycles. The monoisotopic (exact) mass is 372 g/mol. The molecule has 26 heavy (non-hydrogen) atoms. The largest absolute Gasteiger partial charge is 0.469 e. The molecule has 136 valence electrons. The molecule has 0 aromatic heterocycles. The summed E-state index contributed by atoms with van der Waals surface area (Å²) in [7, 11) is 1.38. The van der Waals surface area contributed by atoms with Crippen molar-refractivity contribution in [2.75, 3.05) is 13.7 Å². The standard InChI is InChI=1S/C20H20N2O3.ClH/c1-25-19(23)13-16-6-4-15(5-7-16)3-2-12-22-20(24)18-10-8-17(14-21)9-11-18;/h4-11H,2-3,12-13H2,1H3,(H,22,24);1H. The van der Waals surface area contributed by atoms with Crippen molar-refractivity contribution in [3.8, 4) is 6.07 Å². The van der Waals surface area contributed by atoms with E-state index in [0.29, 0.717) is 17.7 Å². The molecule has 0 atom stereocenters. The second kappa shape index (κ2) is 10.9. The summed E-state index contributed by atoms with van der Waals surface area (Å²) in [6, 6.07) is 16.4. The molecule has 6 heteroatoms.